The molecule has 0 bridgehead atoms. The molecular formula is C17H25ClO. The number of aryl methyl sites for hydroxylation is 1. The highest BCUT2D eigenvalue weighted by atomic mass is 35.5. The summed E-state index contributed by atoms with van der Waals surface area (Å²) in [5.41, 5.74) is 2.76. The highest BCUT2D eigenvalue weighted by Crippen LogP contribution is 2.22. The Labute approximate surface area is 122 Å². The minimum atomic E-state index is 0.523. The molecule has 0 amide bonds. The Morgan fingerprint density at radius 3 is 3.00 bits per heavy atom. The second-order valence-electron chi connectivity index (χ2n) is 5.78. The third kappa shape index (κ3) is 5.16. The largest absolute Gasteiger partial charge is 0.378 e. The first-order valence-corrected chi connectivity index (χ1v) is 8.04. The maximum atomic E-state index is 6.12. The van der Waals surface area contributed by atoms with Gasteiger partial charge in [0.1, 0.15) is 0 Å². The summed E-state index contributed by atoms with van der Waals surface area (Å²) in [5.74, 6) is 1.37. The third-order valence-corrected chi connectivity index (χ3v) is 4.42. The fraction of sp³-hybridized carbons (Fsp3) is 0.647. The van der Waals surface area contributed by atoms with Crippen LogP contribution in [-0.4, -0.2) is 18.6 Å². The van der Waals surface area contributed by atoms with E-state index in [1.54, 1.807) is 0 Å². The van der Waals surface area contributed by atoms with Gasteiger partial charge in [0, 0.05) is 12.5 Å². The molecule has 2 heteroatoms. The van der Waals surface area contributed by atoms with Gasteiger partial charge in [-0.05, 0) is 50.5 Å². The number of alkyl halides is 1. The Morgan fingerprint density at radius 2 is 2.32 bits per heavy atom. The first-order chi connectivity index (χ1) is 9.28. The molecule has 1 saturated heterocycles. The predicted octanol–water partition coefficient (Wildman–Crippen LogP) is 4.74. The Morgan fingerprint density at radius 1 is 1.42 bits per heavy atom. The van der Waals surface area contributed by atoms with E-state index in [0.717, 1.165) is 18.9 Å². The van der Waals surface area contributed by atoms with Crippen LogP contribution in [0.15, 0.2) is 24.3 Å². The van der Waals surface area contributed by atoms with E-state index in [1.807, 2.05) is 0 Å². The number of ether oxygens (including phenoxy) is 1. The van der Waals surface area contributed by atoms with Crippen LogP contribution in [0.1, 0.15) is 43.2 Å². The molecular weight excluding hydrogens is 256 g/mol. The molecule has 0 spiro atoms. The summed E-state index contributed by atoms with van der Waals surface area (Å²) >= 11 is 6.12. The molecule has 1 heterocycles. The Hall–Kier alpha value is -0.530. The van der Waals surface area contributed by atoms with Gasteiger partial charge >= 0.3 is 0 Å². The SMILES string of the molecule is Cc1cccc(CC(CCl)CCCC2CCCO2)c1. The molecule has 0 saturated carbocycles. The minimum Gasteiger partial charge on any atom is -0.378 e. The van der Waals surface area contributed by atoms with Gasteiger partial charge in [-0.1, -0.05) is 36.2 Å². The predicted molar refractivity (Wildman–Crippen MR) is 81.9 cm³/mol. The second kappa shape index (κ2) is 7.91. The van der Waals surface area contributed by atoms with E-state index in [4.69, 9.17) is 16.3 Å². The average molecular weight is 281 g/mol. The summed E-state index contributed by atoms with van der Waals surface area (Å²) < 4.78 is 5.67. The van der Waals surface area contributed by atoms with Crippen molar-refractivity contribution in [3.63, 3.8) is 0 Å². The van der Waals surface area contributed by atoms with Crippen molar-refractivity contribution in [3.8, 4) is 0 Å². The summed E-state index contributed by atoms with van der Waals surface area (Å²) in [6.07, 6.45) is 7.80. The maximum Gasteiger partial charge on any atom is 0.0576 e. The van der Waals surface area contributed by atoms with Crippen molar-refractivity contribution in [3.05, 3.63) is 35.4 Å². The highest BCUT2D eigenvalue weighted by molar-refractivity contribution is 6.18. The van der Waals surface area contributed by atoms with Crippen LogP contribution in [0.3, 0.4) is 0 Å². The molecule has 2 unspecified atom stereocenters. The second-order valence-corrected chi connectivity index (χ2v) is 6.09. The molecule has 1 fully saturated rings. The van der Waals surface area contributed by atoms with E-state index in [9.17, 15) is 0 Å². The summed E-state index contributed by atoms with van der Waals surface area (Å²) in [4.78, 5) is 0. The molecule has 0 aliphatic carbocycles. The van der Waals surface area contributed by atoms with E-state index in [-0.39, 0.29) is 0 Å². The molecule has 0 aromatic heterocycles. The zero-order valence-electron chi connectivity index (χ0n) is 11.9. The van der Waals surface area contributed by atoms with Gasteiger partial charge < -0.3 is 4.74 Å². The first kappa shape index (κ1) is 14.9. The number of rotatable bonds is 7. The van der Waals surface area contributed by atoms with Gasteiger partial charge in [-0.25, -0.2) is 0 Å². The van der Waals surface area contributed by atoms with Gasteiger partial charge in [0.15, 0.2) is 0 Å². The molecule has 1 aromatic carbocycles. The van der Waals surface area contributed by atoms with Crippen LogP contribution in [-0.2, 0) is 11.2 Å². The first-order valence-electron chi connectivity index (χ1n) is 7.51. The van der Waals surface area contributed by atoms with Crippen molar-refractivity contribution in [2.45, 2.75) is 51.6 Å². The smallest absolute Gasteiger partial charge is 0.0576 e. The van der Waals surface area contributed by atoms with E-state index < -0.39 is 0 Å². The molecule has 2 rings (SSSR count). The minimum absolute atomic E-state index is 0.523. The van der Waals surface area contributed by atoms with Crippen molar-refractivity contribution >= 4 is 11.6 Å². The lowest BCUT2D eigenvalue weighted by atomic mass is 9.94. The van der Waals surface area contributed by atoms with E-state index in [2.05, 4.69) is 31.2 Å². The quantitative estimate of drug-likeness (QED) is 0.656. The third-order valence-electron chi connectivity index (χ3n) is 3.99. The maximum absolute atomic E-state index is 6.12. The van der Waals surface area contributed by atoms with Crippen LogP contribution in [0.5, 0.6) is 0 Å². The van der Waals surface area contributed by atoms with Crippen LogP contribution in [0, 0.1) is 12.8 Å². The van der Waals surface area contributed by atoms with Gasteiger partial charge in [0.25, 0.3) is 0 Å². The van der Waals surface area contributed by atoms with E-state index >= 15 is 0 Å². The van der Waals surface area contributed by atoms with Crippen LogP contribution >= 0.6 is 11.6 Å². The zero-order valence-corrected chi connectivity index (χ0v) is 12.7. The number of benzene rings is 1. The lowest BCUT2D eigenvalue weighted by Gasteiger charge is -2.15. The van der Waals surface area contributed by atoms with Gasteiger partial charge in [-0.2, -0.15) is 0 Å². The molecule has 1 nitrogen and oxygen atoms in total. The number of halogens is 1. The van der Waals surface area contributed by atoms with Crippen LogP contribution in [0.2, 0.25) is 0 Å². The molecule has 1 aliphatic heterocycles. The topological polar surface area (TPSA) is 9.23 Å². The fourth-order valence-electron chi connectivity index (χ4n) is 2.91. The van der Waals surface area contributed by atoms with Crippen LogP contribution in [0.25, 0.3) is 0 Å². The van der Waals surface area contributed by atoms with Crippen LogP contribution < -0.4 is 0 Å². The lowest BCUT2D eigenvalue weighted by molar-refractivity contribution is 0.101. The van der Waals surface area contributed by atoms with Gasteiger partial charge in [-0.3, -0.25) is 0 Å². The molecule has 19 heavy (non-hydrogen) atoms. The lowest BCUT2D eigenvalue weighted by Crippen LogP contribution is -2.10. The average Bonchev–Trinajstić information content (AvgIpc) is 2.91. The highest BCUT2D eigenvalue weighted by Gasteiger charge is 2.16. The number of hydrogen-bond acceptors (Lipinski definition) is 1. The van der Waals surface area contributed by atoms with Crippen molar-refractivity contribution in [2.24, 2.45) is 5.92 Å². The van der Waals surface area contributed by atoms with E-state index in [0.29, 0.717) is 12.0 Å². The van der Waals surface area contributed by atoms with Crippen molar-refractivity contribution in [1.29, 1.82) is 0 Å². The van der Waals surface area contributed by atoms with Gasteiger partial charge in [0.05, 0.1) is 6.10 Å². The van der Waals surface area contributed by atoms with Gasteiger partial charge in [0.2, 0.25) is 0 Å². The zero-order chi connectivity index (χ0) is 13.5. The number of hydrogen-bond donors (Lipinski definition) is 0. The normalized spacial score (nSPS) is 20.6. The van der Waals surface area contributed by atoms with Gasteiger partial charge in [-0.15, -0.1) is 11.6 Å². The summed E-state index contributed by atoms with van der Waals surface area (Å²) in [5, 5.41) is 0. The van der Waals surface area contributed by atoms with Crippen molar-refractivity contribution in [2.75, 3.05) is 12.5 Å². The summed E-state index contributed by atoms with van der Waals surface area (Å²) in [7, 11) is 0. The fourth-order valence-corrected chi connectivity index (χ4v) is 3.18. The Kier molecular flexibility index (Phi) is 6.19. The monoisotopic (exact) mass is 280 g/mol. The molecule has 1 aromatic rings. The molecule has 0 radical (unpaired) electrons. The summed E-state index contributed by atoms with van der Waals surface area (Å²) in [6, 6.07) is 8.78. The molecule has 2 atom stereocenters. The molecule has 0 N–H and O–H groups in total. The Balaban J connectivity index is 1.73. The van der Waals surface area contributed by atoms with E-state index in [1.165, 1.54) is 43.2 Å². The standard InChI is InChI=1S/C17H25ClO/c1-14-5-2-6-15(11-14)12-16(13-18)7-3-8-17-9-4-10-19-17/h2,5-6,11,16-17H,3-4,7-10,12-13H2,1H3. The van der Waals surface area contributed by atoms with Crippen LogP contribution in [0.4, 0.5) is 0 Å². The van der Waals surface area contributed by atoms with Crippen molar-refractivity contribution in [1.82, 2.24) is 0 Å². The molecule has 106 valence electrons. The molecule has 1 aliphatic rings. The summed E-state index contributed by atoms with van der Waals surface area (Å²) in [6.45, 7) is 3.11. The van der Waals surface area contributed by atoms with Crippen molar-refractivity contribution < 1.29 is 4.74 Å². The Bertz CT molecular complexity index is 371.